The van der Waals surface area contributed by atoms with E-state index in [-0.39, 0.29) is 24.2 Å². The first-order valence-electron chi connectivity index (χ1n) is 12.1. The first kappa shape index (κ1) is 24.9. The molecule has 1 aromatic heterocycles. The Balaban J connectivity index is 1.52. The van der Waals surface area contributed by atoms with E-state index in [2.05, 4.69) is 53.4 Å². The lowest BCUT2D eigenvalue weighted by Crippen LogP contribution is -2.26. The van der Waals surface area contributed by atoms with Crippen molar-refractivity contribution >= 4 is 22.8 Å². The second-order valence-electron chi connectivity index (χ2n) is 9.47. The quantitative estimate of drug-likeness (QED) is 0.285. The number of aromatic nitrogens is 2. The summed E-state index contributed by atoms with van der Waals surface area (Å²) in [6.45, 7) is 8.48. The number of carbonyl (C=O) groups excluding carboxylic acids is 1. The SMILES string of the molecule is C=C(C[C@H](CC(=O)O)C(C)C)NC(=O)c1cccc2cnn(Cc3ccc(-c4ccccc4)cc3)c12. The topological polar surface area (TPSA) is 84.2 Å². The summed E-state index contributed by atoms with van der Waals surface area (Å²) in [5, 5.41) is 17.5. The molecule has 0 unspecified atom stereocenters. The van der Waals surface area contributed by atoms with Crippen LogP contribution in [0.4, 0.5) is 0 Å². The molecule has 3 aromatic carbocycles. The Morgan fingerprint density at radius 2 is 1.64 bits per heavy atom. The molecule has 0 saturated carbocycles. The second kappa shape index (κ2) is 11.0. The van der Waals surface area contributed by atoms with Crippen molar-refractivity contribution in [2.24, 2.45) is 11.8 Å². The standard InChI is InChI=1S/C30H31N3O3/c1-20(2)26(17-28(34)35)16-21(3)32-30(36)27-11-7-10-25-18-31-33(29(25)27)19-22-12-14-24(15-13-22)23-8-5-4-6-9-23/h4-15,18,20,26H,3,16-17,19H2,1-2H3,(H,32,36)(H,34,35)/t26-/m1/s1. The van der Waals surface area contributed by atoms with Gasteiger partial charge in [-0.3, -0.25) is 14.3 Å². The largest absolute Gasteiger partial charge is 0.481 e. The molecule has 2 N–H and O–H groups in total. The van der Waals surface area contributed by atoms with E-state index >= 15 is 0 Å². The van der Waals surface area contributed by atoms with Crippen molar-refractivity contribution in [2.45, 2.75) is 33.2 Å². The first-order valence-corrected chi connectivity index (χ1v) is 12.1. The van der Waals surface area contributed by atoms with Crippen LogP contribution in [0.5, 0.6) is 0 Å². The van der Waals surface area contributed by atoms with Gasteiger partial charge in [0.05, 0.1) is 23.8 Å². The zero-order valence-corrected chi connectivity index (χ0v) is 20.6. The number of allylic oxidation sites excluding steroid dienone is 1. The van der Waals surface area contributed by atoms with Crippen LogP contribution in [0.25, 0.3) is 22.0 Å². The maximum Gasteiger partial charge on any atom is 0.303 e. The van der Waals surface area contributed by atoms with Crippen molar-refractivity contribution in [3.63, 3.8) is 0 Å². The van der Waals surface area contributed by atoms with Crippen LogP contribution in [0.2, 0.25) is 0 Å². The Morgan fingerprint density at radius 3 is 2.31 bits per heavy atom. The second-order valence-corrected chi connectivity index (χ2v) is 9.47. The summed E-state index contributed by atoms with van der Waals surface area (Å²) in [4.78, 5) is 24.4. The number of carbonyl (C=O) groups is 2. The van der Waals surface area contributed by atoms with Crippen molar-refractivity contribution in [2.75, 3.05) is 0 Å². The number of rotatable bonds is 10. The molecule has 4 aromatic rings. The highest BCUT2D eigenvalue weighted by molar-refractivity contribution is 6.06. The lowest BCUT2D eigenvalue weighted by Gasteiger charge is -2.20. The van der Waals surface area contributed by atoms with E-state index in [1.165, 1.54) is 0 Å². The van der Waals surface area contributed by atoms with Crippen LogP contribution >= 0.6 is 0 Å². The number of para-hydroxylation sites is 1. The normalized spacial score (nSPS) is 12.0. The Kier molecular flexibility index (Phi) is 7.64. The van der Waals surface area contributed by atoms with Gasteiger partial charge in [-0.1, -0.05) is 87.2 Å². The van der Waals surface area contributed by atoms with Crippen LogP contribution in [0.1, 0.15) is 42.6 Å². The number of carboxylic acid groups (broad SMARTS) is 1. The molecule has 0 aliphatic carbocycles. The Hall–Kier alpha value is -4.19. The third kappa shape index (κ3) is 5.89. The highest BCUT2D eigenvalue weighted by Crippen LogP contribution is 2.25. The Labute approximate surface area is 211 Å². The van der Waals surface area contributed by atoms with Crippen molar-refractivity contribution in [1.29, 1.82) is 0 Å². The van der Waals surface area contributed by atoms with Gasteiger partial charge in [0.15, 0.2) is 0 Å². The third-order valence-corrected chi connectivity index (χ3v) is 6.48. The molecule has 6 heteroatoms. The lowest BCUT2D eigenvalue weighted by atomic mass is 9.88. The van der Waals surface area contributed by atoms with E-state index < -0.39 is 5.97 Å². The lowest BCUT2D eigenvalue weighted by molar-refractivity contribution is -0.138. The minimum Gasteiger partial charge on any atom is -0.481 e. The number of amides is 1. The van der Waals surface area contributed by atoms with E-state index in [1.54, 1.807) is 12.3 Å². The minimum absolute atomic E-state index is 0.0397. The molecule has 36 heavy (non-hydrogen) atoms. The van der Waals surface area contributed by atoms with Gasteiger partial charge in [0.25, 0.3) is 5.91 Å². The van der Waals surface area contributed by atoms with Gasteiger partial charge in [-0.15, -0.1) is 0 Å². The molecule has 0 bridgehead atoms. The molecule has 0 fully saturated rings. The molecule has 184 valence electrons. The average molecular weight is 482 g/mol. The molecule has 1 atom stereocenters. The molecule has 1 amide bonds. The molecule has 0 radical (unpaired) electrons. The first-order chi connectivity index (χ1) is 17.3. The summed E-state index contributed by atoms with van der Waals surface area (Å²) in [6, 6.07) is 24.1. The van der Waals surface area contributed by atoms with Crippen molar-refractivity contribution < 1.29 is 14.7 Å². The molecule has 0 aliphatic rings. The molecule has 6 nitrogen and oxygen atoms in total. The fraction of sp³-hybridized carbons (Fsp3) is 0.233. The van der Waals surface area contributed by atoms with Gasteiger partial charge >= 0.3 is 5.97 Å². The number of nitrogens with one attached hydrogen (secondary N) is 1. The van der Waals surface area contributed by atoms with Gasteiger partial charge in [-0.25, -0.2) is 0 Å². The van der Waals surface area contributed by atoms with E-state index in [0.29, 0.717) is 24.2 Å². The molecule has 1 heterocycles. The maximum atomic E-state index is 13.2. The number of fused-ring (bicyclic) bond motifs is 1. The number of benzene rings is 3. The Bertz CT molecular complexity index is 1370. The number of aliphatic carboxylic acids is 1. The summed E-state index contributed by atoms with van der Waals surface area (Å²) in [7, 11) is 0. The van der Waals surface area contributed by atoms with E-state index in [4.69, 9.17) is 0 Å². The van der Waals surface area contributed by atoms with Crippen LogP contribution in [-0.2, 0) is 11.3 Å². The Morgan fingerprint density at radius 1 is 0.944 bits per heavy atom. The zero-order chi connectivity index (χ0) is 25.7. The number of nitrogens with zero attached hydrogens (tertiary/aromatic N) is 2. The molecule has 0 aliphatic heterocycles. The highest BCUT2D eigenvalue weighted by Gasteiger charge is 2.20. The van der Waals surface area contributed by atoms with E-state index in [1.807, 2.05) is 48.9 Å². The van der Waals surface area contributed by atoms with Crippen molar-refractivity contribution in [3.8, 4) is 11.1 Å². The van der Waals surface area contributed by atoms with Gasteiger partial charge in [-0.05, 0) is 41.0 Å². The van der Waals surface area contributed by atoms with Gasteiger partial charge in [0, 0.05) is 17.5 Å². The van der Waals surface area contributed by atoms with E-state index in [9.17, 15) is 14.7 Å². The maximum absolute atomic E-state index is 13.2. The number of carboxylic acids is 1. The summed E-state index contributed by atoms with van der Waals surface area (Å²) < 4.78 is 1.84. The number of hydrogen-bond acceptors (Lipinski definition) is 3. The summed E-state index contributed by atoms with van der Waals surface area (Å²) in [5.41, 5.74) is 5.15. The van der Waals surface area contributed by atoms with Gasteiger partial charge < -0.3 is 10.4 Å². The average Bonchev–Trinajstić information content (AvgIpc) is 3.27. The third-order valence-electron chi connectivity index (χ3n) is 6.48. The number of hydrogen-bond donors (Lipinski definition) is 2. The molecular formula is C30H31N3O3. The molecule has 0 saturated heterocycles. The van der Waals surface area contributed by atoms with Crippen LogP contribution < -0.4 is 5.32 Å². The summed E-state index contributed by atoms with van der Waals surface area (Å²) in [6.07, 6.45) is 2.22. The zero-order valence-electron chi connectivity index (χ0n) is 20.6. The summed E-state index contributed by atoms with van der Waals surface area (Å²) >= 11 is 0. The fourth-order valence-corrected chi connectivity index (χ4v) is 4.42. The smallest absolute Gasteiger partial charge is 0.303 e. The monoisotopic (exact) mass is 481 g/mol. The molecule has 4 rings (SSSR count). The molecular weight excluding hydrogens is 450 g/mol. The van der Waals surface area contributed by atoms with Crippen molar-refractivity contribution in [3.05, 3.63) is 102 Å². The van der Waals surface area contributed by atoms with Crippen LogP contribution in [-0.4, -0.2) is 26.8 Å². The summed E-state index contributed by atoms with van der Waals surface area (Å²) in [5.74, 6) is -1.06. The van der Waals surface area contributed by atoms with Gasteiger partial charge in [-0.2, -0.15) is 5.10 Å². The van der Waals surface area contributed by atoms with Gasteiger partial charge in [0.2, 0.25) is 0 Å². The predicted octanol–water partition coefficient (Wildman–Crippen LogP) is 6.13. The van der Waals surface area contributed by atoms with Crippen LogP contribution in [0.15, 0.2) is 91.3 Å². The van der Waals surface area contributed by atoms with Crippen LogP contribution in [0, 0.1) is 11.8 Å². The van der Waals surface area contributed by atoms with Crippen molar-refractivity contribution in [1.82, 2.24) is 15.1 Å². The predicted molar refractivity (Wildman–Crippen MR) is 143 cm³/mol. The molecule has 0 spiro atoms. The van der Waals surface area contributed by atoms with Crippen LogP contribution in [0.3, 0.4) is 0 Å². The highest BCUT2D eigenvalue weighted by atomic mass is 16.4. The fourth-order valence-electron chi connectivity index (χ4n) is 4.42. The van der Waals surface area contributed by atoms with E-state index in [0.717, 1.165) is 27.6 Å². The van der Waals surface area contributed by atoms with Gasteiger partial charge in [0.1, 0.15) is 0 Å². The minimum atomic E-state index is -0.849.